The highest BCUT2D eigenvalue weighted by Gasteiger charge is 2.26. The summed E-state index contributed by atoms with van der Waals surface area (Å²) in [6, 6.07) is 0.710. The van der Waals surface area contributed by atoms with Gasteiger partial charge in [-0.1, -0.05) is 18.7 Å². The molecule has 72 valence electrons. The minimum absolute atomic E-state index is 0.701. The summed E-state index contributed by atoms with van der Waals surface area (Å²) in [6.45, 7) is 7.53. The largest absolute Gasteiger partial charge is 0.314 e. The number of nitrogens with one attached hydrogen (secondary N) is 1. The van der Waals surface area contributed by atoms with Crippen molar-refractivity contribution in [2.45, 2.75) is 32.2 Å². The Balaban J connectivity index is 1.93. The van der Waals surface area contributed by atoms with Crippen molar-refractivity contribution >= 4 is 0 Å². The maximum Gasteiger partial charge on any atom is 0.00439 e. The summed E-state index contributed by atoms with van der Waals surface area (Å²) >= 11 is 0. The third kappa shape index (κ3) is 1.86. The van der Waals surface area contributed by atoms with Gasteiger partial charge in [-0.15, -0.1) is 0 Å². The fourth-order valence-electron chi connectivity index (χ4n) is 2.39. The molecule has 1 heterocycles. The minimum Gasteiger partial charge on any atom is -0.314 e. The first-order chi connectivity index (χ1) is 6.27. The molecule has 1 aliphatic carbocycles. The average Bonchev–Trinajstić information content (AvgIpc) is 2.29. The van der Waals surface area contributed by atoms with Crippen LogP contribution in [-0.4, -0.2) is 12.6 Å². The molecule has 0 aromatic heterocycles. The Morgan fingerprint density at radius 3 is 2.85 bits per heavy atom. The van der Waals surface area contributed by atoms with Crippen molar-refractivity contribution in [3.8, 4) is 0 Å². The summed E-state index contributed by atoms with van der Waals surface area (Å²) in [7, 11) is 0. The van der Waals surface area contributed by atoms with Crippen LogP contribution in [0, 0.1) is 11.8 Å². The molecule has 0 aromatic carbocycles. The Bertz CT molecular complexity index is 229. The fraction of sp³-hybridized carbons (Fsp3) is 0.667. The molecule has 1 fully saturated rings. The van der Waals surface area contributed by atoms with E-state index in [0.717, 1.165) is 5.92 Å². The lowest BCUT2D eigenvalue weighted by Crippen LogP contribution is -2.24. The molecule has 3 unspecified atom stereocenters. The summed E-state index contributed by atoms with van der Waals surface area (Å²) in [5.41, 5.74) is 1.35. The van der Waals surface area contributed by atoms with Crippen molar-refractivity contribution in [1.29, 1.82) is 0 Å². The van der Waals surface area contributed by atoms with Crippen LogP contribution in [0.3, 0.4) is 0 Å². The van der Waals surface area contributed by atoms with Gasteiger partial charge in [0.2, 0.25) is 0 Å². The van der Waals surface area contributed by atoms with E-state index < -0.39 is 0 Å². The van der Waals surface area contributed by atoms with Gasteiger partial charge in [0.05, 0.1) is 0 Å². The molecular formula is C12H19N. The van der Waals surface area contributed by atoms with Gasteiger partial charge in [0.15, 0.2) is 0 Å². The van der Waals surface area contributed by atoms with E-state index in [-0.39, 0.29) is 0 Å². The molecule has 2 rings (SSSR count). The van der Waals surface area contributed by atoms with Crippen molar-refractivity contribution in [3.63, 3.8) is 0 Å². The first kappa shape index (κ1) is 9.01. The van der Waals surface area contributed by atoms with E-state index in [9.17, 15) is 0 Å². The first-order valence-electron chi connectivity index (χ1n) is 5.38. The lowest BCUT2D eigenvalue weighted by molar-refractivity contribution is 0.385. The number of rotatable bonds is 1. The van der Waals surface area contributed by atoms with E-state index in [1.54, 1.807) is 0 Å². The highest BCUT2D eigenvalue weighted by Crippen LogP contribution is 2.35. The second-order valence-electron chi connectivity index (χ2n) is 4.44. The quantitative estimate of drug-likeness (QED) is 0.649. The van der Waals surface area contributed by atoms with E-state index >= 15 is 0 Å². The Morgan fingerprint density at radius 2 is 2.23 bits per heavy atom. The maximum atomic E-state index is 4.06. The summed E-state index contributed by atoms with van der Waals surface area (Å²) in [5, 5.41) is 3.54. The standard InChI is InChI=1S/C12H19N/c1-9-3-6-12(9)11-5-4-10(2)13-8-7-11/h3,6,10-13H,1,4-5,7-8H2,2H3. The van der Waals surface area contributed by atoms with Crippen molar-refractivity contribution < 1.29 is 0 Å². The summed E-state index contributed by atoms with van der Waals surface area (Å²) < 4.78 is 0. The van der Waals surface area contributed by atoms with Crippen molar-refractivity contribution in [2.75, 3.05) is 6.54 Å². The van der Waals surface area contributed by atoms with Crippen molar-refractivity contribution in [3.05, 3.63) is 24.3 Å². The van der Waals surface area contributed by atoms with Crippen molar-refractivity contribution in [2.24, 2.45) is 11.8 Å². The van der Waals surface area contributed by atoms with Gasteiger partial charge in [0.1, 0.15) is 0 Å². The van der Waals surface area contributed by atoms with E-state index in [4.69, 9.17) is 0 Å². The molecule has 2 aliphatic rings. The van der Waals surface area contributed by atoms with E-state index in [1.165, 1.54) is 31.4 Å². The lowest BCUT2D eigenvalue weighted by Gasteiger charge is -2.29. The minimum atomic E-state index is 0.701. The Kier molecular flexibility index (Phi) is 2.54. The van der Waals surface area contributed by atoms with Crippen molar-refractivity contribution in [1.82, 2.24) is 5.32 Å². The average molecular weight is 177 g/mol. The molecule has 0 spiro atoms. The normalized spacial score (nSPS) is 39.8. The highest BCUT2D eigenvalue weighted by atomic mass is 14.9. The molecule has 3 atom stereocenters. The van der Waals surface area contributed by atoms with Gasteiger partial charge < -0.3 is 5.32 Å². The van der Waals surface area contributed by atoms with Crippen LogP contribution in [0.15, 0.2) is 24.3 Å². The zero-order valence-corrected chi connectivity index (χ0v) is 8.42. The Morgan fingerprint density at radius 1 is 1.38 bits per heavy atom. The predicted octanol–water partition coefficient (Wildman–Crippen LogP) is 2.51. The van der Waals surface area contributed by atoms with Crippen LogP contribution >= 0.6 is 0 Å². The smallest absolute Gasteiger partial charge is 0.00439 e. The van der Waals surface area contributed by atoms with Gasteiger partial charge in [-0.2, -0.15) is 0 Å². The van der Waals surface area contributed by atoms with Crippen LogP contribution in [0.4, 0.5) is 0 Å². The van der Waals surface area contributed by atoms with Gasteiger partial charge in [-0.05, 0) is 44.2 Å². The maximum absolute atomic E-state index is 4.06. The zero-order chi connectivity index (χ0) is 9.26. The summed E-state index contributed by atoms with van der Waals surface area (Å²) in [4.78, 5) is 0. The molecule has 0 radical (unpaired) electrons. The van der Waals surface area contributed by atoms with E-state index in [0.29, 0.717) is 12.0 Å². The van der Waals surface area contributed by atoms with Crippen LogP contribution < -0.4 is 5.32 Å². The van der Waals surface area contributed by atoms with Crippen LogP contribution in [-0.2, 0) is 0 Å². The predicted molar refractivity (Wildman–Crippen MR) is 56.6 cm³/mol. The van der Waals surface area contributed by atoms with Gasteiger partial charge >= 0.3 is 0 Å². The SMILES string of the molecule is C=C1C=CC1C1CCNC(C)CC1. The molecule has 13 heavy (non-hydrogen) atoms. The molecule has 0 amide bonds. The number of hydrogen-bond donors (Lipinski definition) is 1. The summed E-state index contributed by atoms with van der Waals surface area (Å²) in [5.74, 6) is 1.56. The summed E-state index contributed by atoms with van der Waals surface area (Å²) in [6.07, 6.45) is 8.48. The topological polar surface area (TPSA) is 12.0 Å². The number of hydrogen-bond acceptors (Lipinski definition) is 1. The Labute approximate surface area is 80.9 Å². The first-order valence-corrected chi connectivity index (χ1v) is 5.38. The van der Waals surface area contributed by atoms with Gasteiger partial charge in [0.25, 0.3) is 0 Å². The fourth-order valence-corrected chi connectivity index (χ4v) is 2.39. The molecule has 1 saturated heterocycles. The van der Waals surface area contributed by atoms with Crippen LogP contribution in [0.1, 0.15) is 26.2 Å². The highest BCUT2D eigenvalue weighted by molar-refractivity contribution is 5.33. The molecule has 1 aliphatic heterocycles. The van der Waals surface area contributed by atoms with Crippen LogP contribution in [0.25, 0.3) is 0 Å². The van der Waals surface area contributed by atoms with Crippen LogP contribution in [0.2, 0.25) is 0 Å². The molecule has 0 aromatic rings. The second kappa shape index (κ2) is 3.67. The van der Waals surface area contributed by atoms with Gasteiger partial charge in [0, 0.05) is 12.0 Å². The molecule has 1 nitrogen and oxygen atoms in total. The Hall–Kier alpha value is -0.560. The molecule has 0 bridgehead atoms. The van der Waals surface area contributed by atoms with Gasteiger partial charge in [-0.3, -0.25) is 0 Å². The van der Waals surface area contributed by atoms with Gasteiger partial charge in [-0.25, -0.2) is 0 Å². The molecule has 0 saturated carbocycles. The molecule has 1 heteroatoms. The second-order valence-corrected chi connectivity index (χ2v) is 4.44. The molecule has 1 N–H and O–H groups in total. The zero-order valence-electron chi connectivity index (χ0n) is 8.42. The van der Waals surface area contributed by atoms with Crippen LogP contribution in [0.5, 0.6) is 0 Å². The molecular weight excluding hydrogens is 158 g/mol. The monoisotopic (exact) mass is 177 g/mol. The third-order valence-corrected chi connectivity index (χ3v) is 3.43. The lowest BCUT2D eigenvalue weighted by atomic mass is 9.76. The van der Waals surface area contributed by atoms with E-state index in [2.05, 4.69) is 31.0 Å². The van der Waals surface area contributed by atoms with E-state index in [1.807, 2.05) is 0 Å². The number of allylic oxidation sites excluding steroid dienone is 3. The third-order valence-electron chi connectivity index (χ3n) is 3.43.